The van der Waals surface area contributed by atoms with E-state index < -0.39 is 0 Å². The molecule has 78 valence electrons. The van der Waals surface area contributed by atoms with Crippen molar-refractivity contribution in [3.8, 4) is 0 Å². The Kier molecular flexibility index (Phi) is 4.78. The molecule has 0 spiro atoms. The lowest BCUT2D eigenvalue weighted by Crippen LogP contribution is -2.05. The van der Waals surface area contributed by atoms with Crippen LogP contribution in [0.25, 0.3) is 0 Å². The number of aliphatic hydroxyl groups excluding tert-OH is 1. The summed E-state index contributed by atoms with van der Waals surface area (Å²) in [6.07, 6.45) is 4.62. The molecule has 0 aliphatic rings. The van der Waals surface area contributed by atoms with E-state index in [0.717, 1.165) is 31.6 Å². The molecule has 1 aromatic rings. The Morgan fingerprint density at radius 2 is 2.21 bits per heavy atom. The van der Waals surface area contributed by atoms with Crippen molar-refractivity contribution >= 4 is 11.5 Å². The van der Waals surface area contributed by atoms with Crippen LogP contribution in [0.2, 0.25) is 0 Å². The molecule has 1 aromatic heterocycles. The number of aromatic nitrogens is 1. The minimum atomic E-state index is 0.270. The lowest BCUT2D eigenvalue weighted by molar-refractivity contribution is 0.283. The number of hydrogen-bond donors (Lipinski definition) is 3. The highest BCUT2D eigenvalue weighted by Crippen LogP contribution is 2.12. The lowest BCUT2D eigenvalue weighted by atomic mass is 10.2. The first-order chi connectivity index (χ1) is 6.84. The van der Waals surface area contributed by atoms with Crippen molar-refractivity contribution in [1.82, 2.24) is 4.98 Å². The molecule has 0 aromatic carbocycles. The molecule has 4 N–H and O–H groups in total. The molecule has 0 aliphatic carbocycles. The molecule has 4 nitrogen and oxygen atoms in total. The molecule has 0 saturated carbocycles. The van der Waals surface area contributed by atoms with Crippen LogP contribution in [-0.4, -0.2) is 23.2 Å². The van der Waals surface area contributed by atoms with E-state index in [2.05, 4.69) is 10.3 Å². The summed E-state index contributed by atoms with van der Waals surface area (Å²) in [5, 5.41) is 11.7. The van der Waals surface area contributed by atoms with Crippen LogP contribution in [0.1, 0.15) is 19.3 Å². The number of nitrogens with zero attached hydrogens (tertiary/aromatic N) is 1. The van der Waals surface area contributed by atoms with Crippen molar-refractivity contribution in [2.24, 2.45) is 0 Å². The third kappa shape index (κ3) is 3.62. The van der Waals surface area contributed by atoms with Crippen LogP contribution in [0, 0.1) is 0 Å². The second-order valence-electron chi connectivity index (χ2n) is 3.15. The van der Waals surface area contributed by atoms with Gasteiger partial charge in [-0.3, -0.25) is 0 Å². The van der Waals surface area contributed by atoms with Crippen molar-refractivity contribution in [2.45, 2.75) is 19.3 Å². The Morgan fingerprint density at radius 3 is 2.93 bits per heavy atom. The Balaban J connectivity index is 2.21. The van der Waals surface area contributed by atoms with Gasteiger partial charge in [-0.25, -0.2) is 4.98 Å². The number of nitrogens with two attached hydrogens (primary N) is 1. The highest BCUT2D eigenvalue weighted by molar-refractivity contribution is 5.60. The SMILES string of the molecule is Nc1cccnc1NCCCCCO. The van der Waals surface area contributed by atoms with Crippen LogP contribution in [-0.2, 0) is 0 Å². The topological polar surface area (TPSA) is 71.2 Å². The van der Waals surface area contributed by atoms with Crippen LogP contribution in [0.4, 0.5) is 11.5 Å². The fourth-order valence-corrected chi connectivity index (χ4v) is 1.19. The molecule has 1 heterocycles. The van der Waals surface area contributed by atoms with Gasteiger partial charge in [-0.2, -0.15) is 0 Å². The van der Waals surface area contributed by atoms with Gasteiger partial charge in [0.05, 0.1) is 5.69 Å². The van der Waals surface area contributed by atoms with Crippen molar-refractivity contribution < 1.29 is 5.11 Å². The van der Waals surface area contributed by atoms with E-state index in [1.165, 1.54) is 0 Å². The normalized spacial score (nSPS) is 10.1. The van der Waals surface area contributed by atoms with E-state index in [0.29, 0.717) is 5.69 Å². The molecule has 0 amide bonds. The summed E-state index contributed by atoms with van der Waals surface area (Å²) in [5.41, 5.74) is 6.37. The number of rotatable bonds is 6. The van der Waals surface area contributed by atoms with Gasteiger partial charge in [0.1, 0.15) is 5.82 Å². The summed E-state index contributed by atoms with van der Waals surface area (Å²) >= 11 is 0. The molecule has 0 saturated heterocycles. The van der Waals surface area contributed by atoms with E-state index in [9.17, 15) is 0 Å². The highest BCUT2D eigenvalue weighted by Gasteiger charge is 1.96. The molecule has 0 radical (unpaired) electrons. The van der Waals surface area contributed by atoms with Gasteiger partial charge < -0.3 is 16.2 Å². The van der Waals surface area contributed by atoms with Gasteiger partial charge in [-0.05, 0) is 31.4 Å². The average Bonchev–Trinajstić information content (AvgIpc) is 2.20. The number of anilines is 2. The van der Waals surface area contributed by atoms with Crippen LogP contribution in [0.15, 0.2) is 18.3 Å². The van der Waals surface area contributed by atoms with E-state index >= 15 is 0 Å². The Bertz CT molecular complexity index is 265. The number of unbranched alkanes of at least 4 members (excludes halogenated alkanes) is 2. The molecule has 0 bridgehead atoms. The van der Waals surface area contributed by atoms with Crippen molar-refractivity contribution in [3.63, 3.8) is 0 Å². The van der Waals surface area contributed by atoms with E-state index in [-0.39, 0.29) is 6.61 Å². The number of nitrogens with one attached hydrogen (secondary N) is 1. The summed E-state index contributed by atoms with van der Waals surface area (Å²) in [7, 11) is 0. The van der Waals surface area contributed by atoms with Gasteiger partial charge in [0.15, 0.2) is 0 Å². The Hall–Kier alpha value is -1.29. The largest absolute Gasteiger partial charge is 0.396 e. The summed E-state index contributed by atoms with van der Waals surface area (Å²) in [6.45, 7) is 1.12. The number of hydrogen-bond acceptors (Lipinski definition) is 4. The summed E-state index contributed by atoms with van der Waals surface area (Å²) in [4.78, 5) is 4.11. The highest BCUT2D eigenvalue weighted by atomic mass is 16.2. The third-order valence-corrected chi connectivity index (χ3v) is 1.97. The second kappa shape index (κ2) is 6.21. The average molecular weight is 195 g/mol. The van der Waals surface area contributed by atoms with Crippen LogP contribution in [0.5, 0.6) is 0 Å². The molecule has 0 atom stereocenters. The Labute approximate surface area is 84.2 Å². The van der Waals surface area contributed by atoms with E-state index in [1.807, 2.05) is 12.1 Å². The zero-order valence-corrected chi connectivity index (χ0v) is 8.24. The molecule has 0 fully saturated rings. The van der Waals surface area contributed by atoms with Crippen LogP contribution in [0.3, 0.4) is 0 Å². The summed E-state index contributed by atoms with van der Waals surface area (Å²) in [6, 6.07) is 3.63. The molecular formula is C10H17N3O. The van der Waals surface area contributed by atoms with E-state index in [4.69, 9.17) is 10.8 Å². The van der Waals surface area contributed by atoms with E-state index in [1.54, 1.807) is 6.20 Å². The van der Waals surface area contributed by atoms with Crippen molar-refractivity contribution in [2.75, 3.05) is 24.2 Å². The molecular weight excluding hydrogens is 178 g/mol. The van der Waals surface area contributed by atoms with Gasteiger partial charge in [0.25, 0.3) is 0 Å². The first kappa shape index (κ1) is 10.8. The smallest absolute Gasteiger partial charge is 0.149 e. The van der Waals surface area contributed by atoms with Crippen molar-refractivity contribution in [1.29, 1.82) is 0 Å². The first-order valence-electron chi connectivity index (χ1n) is 4.90. The molecule has 14 heavy (non-hydrogen) atoms. The number of pyridine rings is 1. The predicted octanol–water partition coefficient (Wildman–Crippen LogP) is 1.24. The predicted molar refractivity (Wildman–Crippen MR) is 58.1 cm³/mol. The van der Waals surface area contributed by atoms with Gasteiger partial charge in [-0.15, -0.1) is 0 Å². The maximum atomic E-state index is 8.57. The summed E-state index contributed by atoms with van der Waals surface area (Å²) in [5.74, 6) is 0.747. The minimum Gasteiger partial charge on any atom is -0.396 e. The van der Waals surface area contributed by atoms with Crippen molar-refractivity contribution in [3.05, 3.63) is 18.3 Å². The molecule has 1 rings (SSSR count). The van der Waals surface area contributed by atoms with Crippen LogP contribution >= 0.6 is 0 Å². The minimum absolute atomic E-state index is 0.270. The maximum absolute atomic E-state index is 8.57. The molecule has 0 aliphatic heterocycles. The number of aliphatic hydroxyl groups is 1. The Morgan fingerprint density at radius 1 is 1.36 bits per heavy atom. The van der Waals surface area contributed by atoms with Crippen LogP contribution < -0.4 is 11.1 Å². The zero-order valence-electron chi connectivity index (χ0n) is 8.24. The third-order valence-electron chi connectivity index (χ3n) is 1.97. The molecule has 0 unspecified atom stereocenters. The zero-order chi connectivity index (χ0) is 10.2. The van der Waals surface area contributed by atoms with Gasteiger partial charge in [0, 0.05) is 19.3 Å². The standard InChI is InChI=1S/C10H17N3O/c11-9-5-4-7-13-10(9)12-6-2-1-3-8-14/h4-5,7,14H,1-3,6,8,11H2,(H,12,13). The maximum Gasteiger partial charge on any atom is 0.149 e. The van der Waals surface area contributed by atoms with Gasteiger partial charge in [0.2, 0.25) is 0 Å². The quantitative estimate of drug-likeness (QED) is 0.597. The monoisotopic (exact) mass is 195 g/mol. The fraction of sp³-hybridized carbons (Fsp3) is 0.500. The van der Waals surface area contributed by atoms with Gasteiger partial charge >= 0.3 is 0 Å². The van der Waals surface area contributed by atoms with Gasteiger partial charge in [-0.1, -0.05) is 0 Å². The molecule has 4 heteroatoms. The fourth-order valence-electron chi connectivity index (χ4n) is 1.19. The first-order valence-corrected chi connectivity index (χ1v) is 4.90. The lowest BCUT2D eigenvalue weighted by Gasteiger charge is -2.06. The number of nitrogen functional groups attached to an aromatic ring is 1. The summed E-state index contributed by atoms with van der Waals surface area (Å²) < 4.78 is 0. The second-order valence-corrected chi connectivity index (χ2v) is 3.15.